The number of hydrogen-bond donors (Lipinski definition) is 2. The van der Waals surface area contributed by atoms with Crippen molar-refractivity contribution in [1.82, 2.24) is 10.6 Å². The van der Waals surface area contributed by atoms with Gasteiger partial charge in [-0.15, -0.1) is 24.8 Å². The van der Waals surface area contributed by atoms with Gasteiger partial charge < -0.3 is 20.1 Å². The molecule has 7 heteroatoms. The predicted octanol–water partition coefficient (Wildman–Crippen LogP) is 4.35. The van der Waals surface area contributed by atoms with E-state index in [1.165, 1.54) is 12.1 Å². The quantitative estimate of drug-likeness (QED) is 0.532. The molecule has 0 saturated heterocycles. The van der Waals surface area contributed by atoms with Crippen LogP contribution >= 0.6 is 24.8 Å². The van der Waals surface area contributed by atoms with E-state index in [2.05, 4.69) is 17.6 Å². The van der Waals surface area contributed by atoms with E-state index in [-0.39, 0.29) is 30.6 Å². The number of hydrogen-bond acceptors (Lipinski definition) is 4. The lowest BCUT2D eigenvalue weighted by molar-refractivity contribution is 0.284. The van der Waals surface area contributed by atoms with Gasteiger partial charge in [-0.3, -0.25) is 0 Å². The molecule has 0 saturated carbocycles. The highest BCUT2D eigenvalue weighted by molar-refractivity contribution is 5.85. The fourth-order valence-electron chi connectivity index (χ4n) is 2.43. The molecule has 4 nitrogen and oxygen atoms in total. The van der Waals surface area contributed by atoms with Crippen LogP contribution in [0, 0.1) is 5.82 Å². The SMILES string of the molecule is CCNCCCNCc1ccc(OCc2ccc(F)cc2)c(OC)c1.Cl.Cl. The summed E-state index contributed by atoms with van der Waals surface area (Å²) in [7, 11) is 1.63. The Morgan fingerprint density at radius 2 is 1.56 bits per heavy atom. The smallest absolute Gasteiger partial charge is 0.161 e. The van der Waals surface area contributed by atoms with Gasteiger partial charge in [0.1, 0.15) is 12.4 Å². The summed E-state index contributed by atoms with van der Waals surface area (Å²) < 4.78 is 24.2. The third kappa shape index (κ3) is 9.29. The maximum Gasteiger partial charge on any atom is 0.161 e. The lowest BCUT2D eigenvalue weighted by atomic mass is 10.2. The fourth-order valence-corrected chi connectivity index (χ4v) is 2.43. The molecule has 2 rings (SSSR count). The number of halogens is 3. The number of benzene rings is 2. The van der Waals surface area contributed by atoms with Crippen molar-refractivity contribution in [3.63, 3.8) is 0 Å². The van der Waals surface area contributed by atoms with Crippen LogP contribution in [0.5, 0.6) is 11.5 Å². The van der Waals surface area contributed by atoms with Gasteiger partial charge in [-0.25, -0.2) is 4.39 Å². The molecule has 0 fully saturated rings. The van der Waals surface area contributed by atoms with Crippen LogP contribution in [0.25, 0.3) is 0 Å². The van der Waals surface area contributed by atoms with Crippen LogP contribution < -0.4 is 20.1 Å². The molecule has 0 aliphatic carbocycles. The Kier molecular flexibility index (Phi) is 13.7. The van der Waals surface area contributed by atoms with Crippen molar-refractivity contribution in [3.05, 3.63) is 59.4 Å². The van der Waals surface area contributed by atoms with Crippen LogP contribution in [0.2, 0.25) is 0 Å². The molecule has 0 aliphatic rings. The largest absolute Gasteiger partial charge is 0.493 e. The van der Waals surface area contributed by atoms with Crippen molar-refractivity contribution in [2.45, 2.75) is 26.5 Å². The molecule has 27 heavy (non-hydrogen) atoms. The van der Waals surface area contributed by atoms with E-state index in [0.29, 0.717) is 18.1 Å². The summed E-state index contributed by atoms with van der Waals surface area (Å²) in [6, 6.07) is 12.2. The normalized spacial score (nSPS) is 9.89. The second-order valence-electron chi connectivity index (χ2n) is 5.78. The van der Waals surface area contributed by atoms with Crippen LogP contribution in [-0.4, -0.2) is 26.7 Å². The highest BCUT2D eigenvalue weighted by atomic mass is 35.5. The molecule has 2 aromatic carbocycles. The number of rotatable bonds is 11. The van der Waals surface area contributed by atoms with Gasteiger partial charge in [0.05, 0.1) is 7.11 Å². The van der Waals surface area contributed by atoms with Crippen molar-refractivity contribution in [2.24, 2.45) is 0 Å². The first-order chi connectivity index (χ1) is 12.2. The first kappa shape index (κ1) is 25.5. The van der Waals surface area contributed by atoms with Crippen molar-refractivity contribution in [2.75, 3.05) is 26.7 Å². The molecule has 0 amide bonds. The molecule has 0 atom stereocenters. The third-order valence-electron chi connectivity index (χ3n) is 3.82. The van der Waals surface area contributed by atoms with Crippen LogP contribution in [0.4, 0.5) is 4.39 Å². The molecule has 2 N–H and O–H groups in total. The molecule has 0 heterocycles. The Balaban J connectivity index is 0.00000338. The average molecular weight is 419 g/mol. The molecule has 0 aliphatic heterocycles. The monoisotopic (exact) mass is 418 g/mol. The summed E-state index contributed by atoms with van der Waals surface area (Å²) in [5, 5.41) is 6.73. The van der Waals surface area contributed by atoms with E-state index in [9.17, 15) is 4.39 Å². The molecular weight excluding hydrogens is 390 g/mol. The van der Waals surface area contributed by atoms with Gasteiger partial charge in [0, 0.05) is 6.54 Å². The van der Waals surface area contributed by atoms with Crippen LogP contribution in [0.3, 0.4) is 0 Å². The first-order valence-corrected chi connectivity index (χ1v) is 8.68. The van der Waals surface area contributed by atoms with Crippen molar-refractivity contribution < 1.29 is 13.9 Å². The van der Waals surface area contributed by atoms with Gasteiger partial charge in [-0.2, -0.15) is 0 Å². The number of ether oxygens (including phenoxy) is 2. The maximum atomic E-state index is 12.9. The summed E-state index contributed by atoms with van der Waals surface area (Å²) in [5.41, 5.74) is 2.06. The molecule has 0 spiro atoms. The minimum absolute atomic E-state index is 0. The average Bonchev–Trinajstić information content (AvgIpc) is 2.64. The van der Waals surface area contributed by atoms with E-state index >= 15 is 0 Å². The Morgan fingerprint density at radius 1 is 0.889 bits per heavy atom. The Labute approximate surface area is 173 Å². The molecular formula is C20H29Cl2FN2O2. The molecule has 0 radical (unpaired) electrons. The molecule has 0 aromatic heterocycles. The molecule has 0 bridgehead atoms. The second-order valence-corrected chi connectivity index (χ2v) is 5.78. The second kappa shape index (κ2) is 14.5. The zero-order chi connectivity index (χ0) is 17.9. The molecule has 152 valence electrons. The Morgan fingerprint density at radius 3 is 2.22 bits per heavy atom. The van der Waals surface area contributed by atoms with E-state index in [1.54, 1.807) is 19.2 Å². The lowest BCUT2D eigenvalue weighted by Gasteiger charge is -2.13. The van der Waals surface area contributed by atoms with E-state index in [4.69, 9.17) is 9.47 Å². The number of nitrogens with one attached hydrogen (secondary N) is 2. The fraction of sp³-hybridized carbons (Fsp3) is 0.400. The van der Waals surface area contributed by atoms with Gasteiger partial charge in [0.2, 0.25) is 0 Å². The highest BCUT2D eigenvalue weighted by Gasteiger charge is 2.06. The van der Waals surface area contributed by atoms with Crippen LogP contribution in [0.15, 0.2) is 42.5 Å². The zero-order valence-electron chi connectivity index (χ0n) is 15.8. The summed E-state index contributed by atoms with van der Waals surface area (Å²) in [6.07, 6.45) is 1.10. The summed E-state index contributed by atoms with van der Waals surface area (Å²) >= 11 is 0. The predicted molar refractivity (Wildman–Crippen MR) is 113 cm³/mol. The summed E-state index contributed by atoms with van der Waals surface area (Å²) in [4.78, 5) is 0. The van der Waals surface area contributed by atoms with Gasteiger partial charge in [-0.05, 0) is 61.4 Å². The molecule has 2 aromatic rings. The Bertz CT molecular complexity index is 642. The topological polar surface area (TPSA) is 42.5 Å². The van der Waals surface area contributed by atoms with Crippen molar-refractivity contribution in [1.29, 1.82) is 0 Å². The van der Waals surface area contributed by atoms with Crippen LogP contribution in [-0.2, 0) is 13.2 Å². The first-order valence-electron chi connectivity index (χ1n) is 8.68. The van der Waals surface area contributed by atoms with Gasteiger partial charge in [-0.1, -0.05) is 25.1 Å². The lowest BCUT2D eigenvalue weighted by Crippen LogP contribution is -2.21. The maximum absolute atomic E-state index is 12.9. The third-order valence-corrected chi connectivity index (χ3v) is 3.82. The van der Waals surface area contributed by atoms with Crippen LogP contribution in [0.1, 0.15) is 24.5 Å². The summed E-state index contributed by atoms with van der Waals surface area (Å²) in [5.74, 6) is 1.14. The van der Waals surface area contributed by atoms with Crippen molar-refractivity contribution >= 4 is 24.8 Å². The minimum Gasteiger partial charge on any atom is -0.493 e. The number of methoxy groups -OCH3 is 1. The minimum atomic E-state index is -0.247. The van der Waals surface area contributed by atoms with Gasteiger partial charge >= 0.3 is 0 Å². The zero-order valence-corrected chi connectivity index (χ0v) is 17.4. The standard InChI is InChI=1S/C20H27FN2O2.2ClH/c1-3-22-11-4-12-23-14-17-7-10-19(20(13-17)24-2)25-15-16-5-8-18(21)9-6-16;;/h5-10,13,22-23H,3-4,11-12,14-15H2,1-2H3;2*1H. The van der Waals surface area contributed by atoms with E-state index in [0.717, 1.165) is 43.7 Å². The van der Waals surface area contributed by atoms with Gasteiger partial charge in [0.25, 0.3) is 0 Å². The highest BCUT2D eigenvalue weighted by Crippen LogP contribution is 2.28. The molecule has 0 unspecified atom stereocenters. The van der Waals surface area contributed by atoms with Crippen molar-refractivity contribution in [3.8, 4) is 11.5 Å². The Hall–Kier alpha value is -1.53. The van der Waals surface area contributed by atoms with E-state index in [1.807, 2.05) is 18.2 Å². The summed E-state index contributed by atoms with van der Waals surface area (Å²) in [6.45, 7) is 6.29. The van der Waals surface area contributed by atoms with E-state index < -0.39 is 0 Å². The van der Waals surface area contributed by atoms with Gasteiger partial charge in [0.15, 0.2) is 11.5 Å².